The van der Waals surface area contributed by atoms with Crippen LogP contribution in [0.25, 0.3) is 0 Å². The third-order valence-electron chi connectivity index (χ3n) is 4.41. The molecule has 25 heavy (non-hydrogen) atoms. The van der Waals surface area contributed by atoms with E-state index in [1.54, 1.807) is 6.07 Å². The second kappa shape index (κ2) is 8.06. The van der Waals surface area contributed by atoms with E-state index in [2.05, 4.69) is 19.9 Å². The third-order valence-corrected chi connectivity index (χ3v) is 4.41. The first kappa shape index (κ1) is 18.8. The zero-order valence-electron chi connectivity index (χ0n) is 15.3. The van der Waals surface area contributed by atoms with Gasteiger partial charge in [0.15, 0.2) is 6.61 Å². The summed E-state index contributed by atoms with van der Waals surface area (Å²) in [5.74, 6) is 0.251. The van der Waals surface area contributed by atoms with Crippen molar-refractivity contribution in [3.8, 4) is 11.5 Å². The Morgan fingerprint density at radius 1 is 1.08 bits per heavy atom. The molecule has 2 rings (SSSR count). The van der Waals surface area contributed by atoms with Gasteiger partial charge >= 0.3 is 5.97 Å². The molecule has 2 aromatic carbocycles. The molecule has 0 aliphatic rings. The fraction of sp³-hybridized carbons (Fsp3) is 0.381. The predicted molar refractivity (Wildman–Crippen MR) is 98.7 cm³/mol. The SMILES string of the molecule is Cc1cc(OCC(=O)O)cc(C)c1CCc1ccc(O)c(C(C)C)c1. The van der Waals surface area contributed by atoms with Crippen LogP contribution in [0.2, 0.25) is 0 Å². The minimum absolute atomic E-state index is 0.286. The second-order valence-corrected chi connectivity index (χ2v) is 6.77. The fourth-order valence-corrected chi connectivity index (χ4v) is 3.07. The number of benzene rings is 2. The average Bonchev–Trinajstić information content (AvgIpc) is 2.53. The van der Waals surface area contributed by atoms with E-state index >= 15 is 0 Å². The Hall–Kier alpha value is -2.49. The molecule has 2 N–H and O–H groups in total. The Bertz CT molecular complexity index is 739. The molecule has 4 nitrogen and oxygen atoms in total. The highest BCUT2D eigenvalue weighted by Crippen LogP contribution is 2.28. The predicted octanol–water partition coefficient (Wildman–Crippen LogP) is 4.38. The molecule has 0 radical (unpaired) electrons. The molecule has 0 spiro atoms. The number of aliphatic carboxylic acids is 1. The molecular formula is C21H26O4. The van der Waals surface area contributed by atoms with E-state index in [1.807, 2.05) is 32.0 Å². The van der Waals surface area contributed by atoms with Gasteiger partial charge in [0, 0.05) is 0 Å². The topological polar surface area (TPSA) is 66.8 Å². The molecule has 0 heterocycles. The quantitative estimate of drug-likeness (QED) is 0.783. The zero-order valence-corrected chi connectivity index (χ0v) is 15.3. The van der Waals surface area contributed by atoms with Crippen LogP contribution in [-0.4, -0.2) is 22.8 Å². The maximum Gasteiger partial charge on any atom is 0.341 e. The van der Waals surface area contributed by atoms with Gasteiger partial charge in [-0.25, -0.2) is 4.79 Å². The molecule has 4 heteroatoms. The van der Waals surface area contributed by atoms with E-state index in [0.29, 0.717) is 11.5 Å². The molecule has 2 aromatic rings. The smallest absolute Gasteiger partial charge is 0.341 e. The van der Waals surface area contributed by atoms with E-state index in [0.717, 1.165) is 29.5 Å². The highest BCUT2D eigenvalue weighted by molar-refractivity contribution is 5.68. The summed E-state index contributed by atoms with van der Waals surface area (Å²) in [4.78, 5) is 10.6. The van der Waals surface area contributed by atoms with Gasteiger partial charge in [0.25, 0.3) is 0 Å². The number of phenols is 1. The van der Waals surface area contributed by atoms with Gasteiger partial charge in [0.2, 0.25) is 0 Å². The summed E-state index contributed by atoms with van der Waals surface area (Å²) in [6.07, 6.45) is 1.77. The van der Waals surface area contributed by atoms with Crippen LogP contribution in [0.4, 0.5) is 0 Å². The normalized spacial score (nSPS) is 10.9. The van der Waals surface area contributed by atoms with Gasteiger partial charge in [-0.3, -0.25) is 0 Å². The molecule has 0 aliphatic carbocycles. The summed E-state index contributed by atoms with van der Waals surface area (Å²) in [6, 6.07) is 9.60. The summed E-state index contributed by atoms with van der Waals surface area (Å²) in [5, 5.41) is 18.7. The van der Waals surface area contributed by atoms with E-state index in [1.165, 1.54) is 11.1 Å². The number of hydrogen-bond donors (Lipinski definition) is 2. The molecule has 0 bridgehead atoms. The van der Waals surface area contributed by atoms with Crippen LogP contribution in [0.15, 0.2) is 30.3 Å². The highest BCUT2D eigenvalue weighted by atomic mass is 16.5. The van der Waals surface area contributed by atoms with Crippen molar-refractivity contribution in [3.63, 3.8) is 0 Å². The molecule has 0 saturated carbocycles. The zero-order chi connectivity index (χ0) is 18.6. The van der Waals surface area contributed by atoms with Crippen molar-refractivity contribution in [2.75, 3.05) is 6.61 Å². The Morgan fingerprint density at radius 3 is 2.28 bits per heavy atom. The fourth-order valence-electron chi connectivity index (χ4n) is 3.07. The lowest BCUT2D eigenvalue weighted by Crippen LogP contribution is -2.10. The number of carboxylic acid groups (broad SMARTS) is 1. The Morgan fingerprint density at radius 2 is 1.72 bits per heavy atom. The van der Waals surface area contributed by atoms with Crippen LogP contribution in [0.3, 0.4) is 0 Å². The molecule has 0 unspecified atom stereocenters. The molecule has 134 valence electrons. The van der Waals surface area contributed by atoms with Crippen LogP contribution in [0.5, 0.6) is 11.5 Å². The number of ether oxygens (including phenoxy) is 1. The van der Waals surface area contributed by atoms with Crippen LogP contribution in [0.1, 0.15) is 47.6 Å². The Labute approximate surface area is 149 Å². The van der Waals surface area contributed by atoms with Crippen LogP contribution in [0, 0.1) is 13.8 Å². The standard InChI is InChI=1S/C21H26O4/c1-13(2)19-11-16(6-8-20(19)22)5-7-18-14(3)9-17(10-15(18)4)25-12-21(23)24/h6,8-11,13,22H,5,7,12H2,1-4H3,(H,23,24). The van der Waals surface area contributed by atoms with Crippen molar-refractivity contribution < 1.29 is 19.7 Å². The second-order valence-electron chi connectivity index (χ2n) is 6.77. The largest absolute Gasteiger partial charge is 0.508 e. The molecular weight excluding hydrogens is 316 g/mol. The van der Waals surface area contributed by atoms with Crippen molar-refractivity contribution >= 4 is 5.97 Å². The first-order valence-electron chi connectivity index (χ1n) is 8.54. The monoisotopic (exact) mass is 342 g/mol. The van der Waals surface area contributed by atoms with E-state index in [9.17, 15) is 9.90 Å². The van der Waals surface area contributed by atoms with E-state index in [-0.39, 0.29) is 12.5 Å². The Balaban J connectivity index is 2.13. The average molecular weight is 342 g/mol. The van der Waals surface area contributed by atoms with Crippen LogP contribution in [-0.2, 0) is 17.6 Å². The molecule has 0 atom stereocenters. The highest BCUT2D eigenvalue weighted by Gasteiger charge is 2.10. The lowest BCUT2D eigenvalue weighted by atomic mass is 9.93. The number of aryl methyl sites for hydroxylation is 3. The summed E-state index contributed by atoms with van der Waals surface area (Å²) in [7, 11) is 0. The van der Waals surface area contributed by atoms with Crippen molar-refractivity contribution in [1.29, 1.82) is 0 Å². The first-order valence-corrected chi connectivity index (χ1v) is 8.54. The summed E-state index contributed by atoms with van der Waals surface area (Å²) in [5.41, 5.74) is 5.63. The number of hydrogen-bond acceptors (Lipinski definition) is 3. The Kier molecular flexibility index (Phi) is 6.07. The van der Waals surface area contributed by atoms with Gasteiger partial charge in [0.1, 0.15) is 11.5 Å². The first-order chi connectivity index (χ1) is 11.8. The van der Waals surface area contributed by atoms with Gasteiger partial charge in [0.05, 0.1) is 0 Å². The van der Waals surface area contributed by atoms with Crippen LogP contribution < -0.4 is 4.74 Å². The number of phenolic OH excluding ortho intramolecular Hbond substituents is 1. The van der Waals surface area contributed by atoms with Gasteiger partial charge in [-0.2, -0.15) is 0 Å². The number of carboxylic acids is 1. The third kappa shape index (κ3) is 4.99. The minimum Gasteiger partial charge on any atom is -0.508 e. The van der Waals surface area contributed by atoms with Crippen molar-refractivity contribution in [1.82, 2.24) is 0 Å². The van der Waals surface area contributed by atoms with Gasteiger partial charge < -0.3 is 14.9 Å². The summed E-state index contributed by atoms with van der Waals surface area (Å²) >= 11 is 0. The van der Waals surface area contributed by atoms with Gasteiger partial charge in [-0.15, -0.1) is 0 Å². The van der Waals surface area contributed by atoms with Gasteiger partial charge in [-0.1, -0.05) is 26.0 Å². The molecule has 0 aromatic heterocycles. The maximum atomic E-state index is 10.6. The number of aromatic hydroxyl groups is 1. The van der Waals surface area contributed by atoms with Crippen LogP contribution >= 0.6 is 0 Å². The lowest BCUT2D eigenvalue weighted by molar-refractivity contribution is -0.139. The maximum absolute atomic E-state index is 10.6. The van der Waals surface area contributed by atoms with Crippen molar-refractivity contribution in [2.24, 2.45) is 0 Å². The minimum atomic E-state index is -0.979. The molecule has 0 saturated heterocycles. The van der Waals surface area contributed by atoms with Gasteiger partial charge in [-0.05, 0) is 78.6 Å². The van der Waals surface area contributed by atoms with E-state index in [4.69, 9.17) is 9.84 Å². The molecule has 0 fully saturated rings. The number of carbonyl (C=O) groups is 1. The molecule has 0 amide bonds. The summed E-state index contributed by atoms with van der Waals surface area (Å²) in [6.45, 7) is 7.86. The summed E-state index contributed by atoms with van der Waals surface area (Å²) < 4.78 is 5.27. The van der Waals surface area contributed by atoms with Crippen molar-refractivity contribution in [2.45, 2.75) is 46.5 Å². The number of rotatable bonds is 7. The van der Waals surface area contributed by atoms with Crippen molar-refractivity contribution in [3.05, 3.63) is 58.1 Å². The lowest BCUT2D eigenvalue weighted by Gasteiger charge is -2.14. The van der Waals surface area contributed by atoms with E-state index < -0.39 is 5.97 Å². The molecule has 0 aliphatic heterocycles.